The fourth-order valence-electron chi connectivity index (χ4n) is 4.82. The predicted molar refractivity (Wildman–Crippen MR) is 151 cm³/mol. The van der Waals surface area contributed by atoms with Gasteiger partial charge in [-0.1, -0.05) is 36.4 Å². The van der Waals surface area contributed by atoms with Gasteiger partial charge in [-0.2, -0.15) is 0 Å². The van der Waals surface area contributed by atoms with Crippen LogP contribution in [0.5, 0.6) is 11.5 Å². The molecule has 0 bridgehead atoms. The lowest BCUT2D eigenvalue weighted by molar-refractivity contribution is -0.152. The van der Waals surface area contributed by atoms with E-state index in [0.717, 1.165) is 12.1 Å². The topological polar surface area (TPSA) is 96.3 Å². The minimum atomic E-state index is -0.790. The highest BCUT2D eigenvalue weighted by atomic mass is 19.1. The van der Waals surface area contributed by atoms with Gasteiger partial charge >= 0.3 is 5.97 Å². The van der Waals surface area contributed by atoms with Crippen LogP contribution in [0.25, 0.3) is 0 Å². The number of nitrogens with zero attached hydrogens (tertiary/aromatic N) is 1. The Balaban J connectivity index is 0.00000103. The number of likely N-dealkylation sites (tertiary alicyclic amines) is 1. The number of benzene rings is 3. The van der Waals surface area contributed by atoms with Crippen LogP contribution < -0.4 is 4.74 Å². The van der Waals surface area contributed by atoms with Crippen LogP contribution in [0, 0.1) is 5.82 Å². The van der Waals surface area contributed by atoms with Crippen molar-refractivity contribution < 1.29 is 33.7 Å². The van der Waals surface area contributed by atoms with Crippen molar-refractivity contribution in [3.05, 3.63) is 95.8 Å². The molecule has 1 saturated heterocycles. The van der Waals surface area contributed by atoms with E-state index in [1.807, 2.05) is 61.5 Å². The van der Waals surface area contributed by atoms with E-state index < -0.39 is 5.41 Å². The Morgan fingerprint density at radius 1 is 0.900 bits per heavy atom. The second-order valence-electron chi connectivity index (χ2n) is 9.54. The van der Waals surface area contributed by atoms with Crippen LogP contribution in [0.4, 0.5) is 4.39 Å². The first-order valence-electron chi connectivity index (χ1n) is 13.7. The van der Waals surface area contributed by atoms with Crippen molar-refractivity contribution in [3.63, 3.8) is 0 Å². The molecule has 1 aliphatic heterocycles. The zero-order valence-corrected chi connectivity index (χ0v) is 22.9. The molecule has 1 aliphatic rings. The number of para-hydroxylation sites is 2. The summed E-state index contributed by atoms with van der Waals surface area (Å²) in [6, 6.07) is 22.9. The average molecular weight is 552 g/mol. The minimum absolute atomic E-state index is 0.0138. The fraction of sp³-hybridized carbons (Fsp3) is 0.375. The van der Waals surface area contributed by atoms with Gasteiger partial charge in [0, 0.05) is 17.5 Å². The SMILES string of the molecule is CCOC(=O)C1(c2ccccc2Oc2ccccc2)CCN(CCCC(=O)c2ccc(F)cc2)CC1.OCCO. The number of Topliss-reactive ketones (excluding diaryl/α,β-unsaturated/α-hetero) is 1. The zero-order valence-electron chi connectivity index (χ0n) is 22.9. The van der Waals surface area contributed by atoms with E-state index in [2.05, 4.69) is 4.90 Å². The van der Waals surface area contributed by atoms with Gasteiger partial charge in [0.1, 0.15) is 17.3 Å². The second-order valence-corrected chi connectivity index (χ2v) is 9.54. The molecular formula is C32H38FNO6. The van der Waals surface area contributed by atoms with Crippen LogP contribution in [0.3, 0.4) is 0 Å². The van der Waals surface area contributed by atoms with E-state index in [4.69, 9.17) is 19.7 Å². The molecule has 3 aromatic rings. The number of esters is 1. The van der Waals surface area contributed by atoms with Gasteiger partial charge < -0.3 is 24.6 Å². The van der Waals surface area contributed by atoms with Crippen LogP contribution in [0.1, 0.15) is 48.5 Å². The molecule has 7 nitrogen and oxygen atoms in total. The first-order chi connectivity index (χ1) is 19.4. The molecule has 8 heteroatoms. The maximum atomic E-state index is 13.3. The molecule has 0 saturated carbocycles. The van der Waals surface area contributed by atoms with Crippen molar-refractivity contribution in [1.29, 1.82) is 0 Å². The standard InChI is InChI=1S/C30H32FNO4.C2H6O2/c1-2-35-29(34)30(26-11-6-7-13-28(26)36-25-9-4-3-5-10-25)18-21-32(22-19-30)20-8-12-27(33)23-14-16-24(31)17-15-23;3-1-2-4/h3-7,9-11,13-17H,2,8,12,18-22H2,1H3;3-4H,1-2H2. The molecule has 0 aromatic heterocycles. The van der Waals surface area contributed by atoms with Crippen molar-refractivity contribution in [2.75, 3.05) is 39.5 Å². The summed E-state index contributed by atoms with van der Waals surface area (Å²) in [5.74, 6) is 0.822. The van der Waals surface area contributed by atoms with Crippen LogP contribution in [-0.4, -0.2) is 66.3 Å². The fourth-order valence-corrected chi connectivity index (χ4v) is 4.82. The molecular weight excluding hydrogens is 513 g/mol. The van der Waals surface area contributed by atoms with Gasteiger partial charge in [-0.25, -0.2) is 4.39 Å². The van der Waals surface area contributed by atoms with Gasteiger partial charge in [0.15, 0.2) is 5.78 Å². The quantitative estimate of drug-likeness (QED) is 0.251. The molecule has 0 amide bonds. The van der Waals surface area contributed by atoms with Gasteiger partial charge in [0.25, 0.3) is 0 Å². The van der Waals surface area contributed by atoms with E-state index >= 15 is 0 Å². The lowest BCUT2D eigenvalue weighted by atomic mass is 9.72. The summed E-state index contributed by atoms with van der Waals surface area (Å²) in [6.07, 6.45) is 2.31. The van der Waals surface area contributed by atoms with Crippen LogP contribution in [0.15, 0.2) is 78.9 Å². The number of hydrogen-bond acceptors (Lipinski definition) is 7. The summed E-state index contributed by atoms with van der Waals surface area (Å²) < 4.78 is 24.9. The smallest absolute Gasteiger partial charge is 0.316 e. The van der Waals surface area contributed by atoms with Crippen molar-refractivity contribution in [1.82, 2.24) is 4.90 Å². The Hall–Kier alpha value is -3.59. The molecule has 40 heavy (non-hydrogen) atoms. The molecule has 0 unspecified atom stereocenters. The number of carbonyl (C=O) groups is 2. The molecule has 0 spiro atoms. The number of piperidine rings is 1. The minimum Gasteiger partial charge on any atom is -0.465 e. The van der Waals surface area contributed by atoms with E-state index in [0.29, 0.717) is 62.4 Å². The lowest BCUT2D eigenvalue weighted by Crippen LogP contribution is -2.48. The van der Waals surface area contributed by atoms with E-state index in [1.165, 1.54) is 24.3 Å². The zero-order chi connectivity index (χ0) is 28.8. The number of ether oxygens (including phenoxy) is 2. The summed E-state index contributed by atoms with van der Waals surface area (Å²) in [7, 11) is 0. The molecule has 214 valence electrons. The largest absolute Gasteiger partial charge is 0.465 e. The molecule has 4 rings (SSSR count). The molecule has 2 N–H and O–H groups in total. The van der Waals surface area contributed by atoms with E-state index in [-0.39, 0.29) is 30.8 Å². The Labute approximate surface area is 235 Å². The molecule has 0 radical (unpaired) electrons. The molecule has 1 fully saturated rings. The highest BCUT2D eigenvalue weighted by Crippen LogP contribution is 2.42. The van der Waals surface area contributed by atoms with Crippen molar-refractivity contribution in [2.24, 2.45) is 0 Å². The third kappa shape index (κ3) is 8.45. The normalized spacial score (nSPS) is 14.5. The number of carbonyl (C=O) groups excluding carboxylic acids is 2. The molecule has 3 aromatic carbocycles. The van der Waals surface area contributed by atoms with Gasteiger partial charge in [-0.05, 0) is 88.3 Å². The van der Waals surface area contributed by atoms with E-state index in [9.17, 15) is 14.0 Å². The lowest BCUT2D eigenvalue weighted by Gasteiger charge is -2.40. The number of ketones is 1. The van der Waals surface area contributed by atoms with Crippen molar-refractivity contribution in [3.8, 4) is 11.5 Å². The molecule has 0 aliphatic carbocycles. The van der Waals surface area contributed by atoms with Gasteiger partial charge in [-0.15, -0.1) is 0 Å². The summed E-state index contributed by atoms with van der Waals surface area (Å²) in [4.78, 5) is 28.1. The Kier molecular flexibility index (Phi) is 12.3. The van der Waals surface area contributed by atoms with Crippen molar-refractivity contribution in [2.45, 2.75) is 38.0 Å². The highest BCUT2D eigenvalue weighted by molar-refractivity contribution is 5.96. The monoisotopic (exact) mass is 551 g/mol. The number of rotatable bonds is 11. The Morgan fingerprint density at radius 3 is 2.15 bits per heavy atom. The average Bonchev–Trinajstić information content (AvgIpc) is 2.99. The number of hydrogen-bond donors (Lipinski definition) is 2. The summed E-state index contributed by atoms with van der Waals surface area (Å²) >= 11 is 0. The molecule has 0 atom stereocenters. The number of halogens is 1. The van der Waals surface area contributed by atoms with Crippen LogP contribution in [-0.2, 0) is 14.9 Å². The first-order valence-corrected chi connectivity index (χ1v) is 13.7. The second kappa shape index (κ2) is 15.9. The van der Waals surface area contributed by atoms with Gasteiger partial charge in [0.05, 0.1) is 25.2 Å². The van der Waals surface area contributed by atoms with Crippen LogP contribution in [0.2, 0.25) is 0 Å². The van der Waals surface area contributed by atoms with Crippen molar-refractivity contribution >= 4 is 11.8 Å². The summed E-state index contributed by atoms with van der Waals surface area (Å²) in [5, 5.41) is 15.2. The van der Waals surface area contributed by atoms with Gasteiger partial charge in [-0.3, -0.25) is 9.59 Å². The highest BCUT2D eigenvalue weighted by Gasteiger charge is 2.46. The summed E-state index contributed by atoms with van der Waals surface area (Å²) in [6.45, 7) is 4.07. The number of aliphatic hydroxyl groups is 2. The van der Waals surface area contributed by atoms with E-state index in [1.54, 1.807) is 0 Å². The third-order valence-electron chi connectivity index (χ3n) is 6.89. The Morgan fingerprint density at radius 2 is 1.52 bits per heavy atom. The maximum Gasteiger partial charge on any atom is 0.316 e. The molecule has 1 heterocycles. The first kappa shape index (κ1) is 30.9. The maximum absolute atomic E-state index is 13.3. The summed E-state index contributed by atoms with van der Waals surface area (Å²) in [5.41, 5.74) is 0.590. The predicted octanol–water partition coefficient (Wildman–Crippen LogP) is 5.15. The van der Waals surface area contributed by atoms with Gasteiger partial charge in [0.2, 0.25) is 0 Å². The third-order valence-corrected chi connectivity index (χ3v) is 6.89. The Bertz CT molecular complexity index is 1190. The van der Waals surface area contributed by atoms with Crippen LogP contribution >= 0.6 is 0 Å². The number of aliphatic hydroxyl groups excluding tert-OH is 2.